The fourth-order valence-corrected chi connectivity index (χ4v) is 2.13. The van der Waals surface area contributed by atoms with Crippen molar-refractivity contribution < 1.29 is 9.59 Å². The third-order valence-electron chi connectivity index (χ3n) is 3.01. The highest BCUT2D eigenvalue weighted by atomic mass is 35.5. The van der Waals surface area contributed by atoms with Crippen molar-refractivity contribution in [2.24, 2.45) is 0 Å². The maximum atomic E-state index is 12.1. The second kappa shape index (κ2) is 5.88. The van der Waals surface area contributed by atoms with Crippen molar-refractivity contribution in [1.29, 1.82) is 0 Å². The number of ketones is 1. The Morgan fingerprint density at radius 2 is 1.60 bits per heavy atom. The molecule has 0 spiro atoms. The standard InChI is InChI=1S/C16H14ClNO2/c1-10-5-3-6-11(2)14(10)18-16(20)15(19)12-7-4-8-13(17)9-12/h3-9H,1-2H3,(H,18,20). The summed E-state index contributed by atoms with van der Waals surface area (Å²) in [6, 6.07) is 12.0. The van der Waals surface area contributed by atoms with Crippen LogP contribution in [0.15, 0.2) is 42.5 Å². The quantitative estimate of drug-likeness (QED) is 0.690. The van der Waals surface area contributed by atoms with Crippen molar-refractivity contribution in [2.75, 3.05) is 5.32 Å². The van der Waals surface area contributed by atoms with Crippen LogP contribution in [0.5, 0.6) is 0 Å². The Balaban J connectivity index is 2.22. The number of para-hydroxylation sites is 1. The third-order valence-corrected chi connectivity index (χ3v) is 3.25. The number of hydrogen-bond donors (Lipinski definition) is 1. The number of Topliss-reactive ketones (excluding diaryl/α,β-unsaturated/α-hetero) is 1. The van der Waals surface area contributed by atoms with E-state index in [2.05, 4.69) is 5.32 Å². The lowest BCUT2D eigenvalue weighted by atomic mass is 10.1. The van der Waals surface area contributed by atoms with Gasteiger partial charge in [0.15, 0.2) is 0 Å². The summed E-state index contributed by atoms with van der Waals surface area (Å²) in [5.74, 6) is -1.26. The zero-order valence-corrected chi connectivity index (χ0v) is 12.0. The van der Waals surface area contributed by atoms with Crippen LogP contribution in [0.2, 0.25) is 5.02 Å². The van der Waals surface area contributed by atoms with Crippen LogP contribution < -0.4 is 5.32 Å². The summed E-state index contributed by atoms with van der Waals surface area (Å²) >= 11 is 5.82. The molecule has 3 nitrogen and oxygen atoms in total. The molecule has 0 saturated carbocycles. The van der Waals surface area contributed by atoms with Gasteiger partial charge in [0.1, 0.15) is 0 Å². The highest BCUT2D eigenvalue weighted by molar-refractivity contribution is 6.47. The average Bonchev–Trinajstić information content (AvgIpc) is 2.42. The molecular weight excluding hydrogens is 274 g/mol. The maximum absolute atomic E-state index is 12.1. The molecule has 0 bridgehead atoms. The van der Waals surface area contributed by atoms with Crippen LogP contribution in [0.25, 0.3) is 0 Å². The number of nitrogens with one attached hydrogen (secondary N) is 1. The predicted molar refractivity (Wildman–Crippen MR) is 80.3 cm³/mol. The molecule has 20 heavy (non-hydrogen) atoms. The summed E-state index contributed by atoms with van der Waals surface area (Å²) in [5, 5.41) is 3.09. The molecule has 102 valence electrons. The molecule has 2 aromatic carbocycles. The zero-order chi connectivity index (χ0) is 14.7. The molecule has 2 aromatic rings. The predicted octanol–water partition coefficient (Wildman–Crippen LogP) is 3.78. The number of halogens is 1. The van der Waals surface area contributed by atoms with Crippen LogP contribution in [-0.4, -0.2) is 11.7 Å². The van der Waals surface area contributed by atoms with Crippen molar-refractivity contribution >= 4 is 29.0 Å². The van der Waals surface area contributed by atoms with E-state index in [0.717, 1.165) is 11.1 Å². The number of rotatable bonds is 3. The lowest BCUT2D eigenvalue weighted by Crippen LogP contribution is -2.23. The van der Waals surface area contributed by atoms with Crippen LogP contribution in [-0.2, 0) is 4.79 Å². The van der Waals surface area contributed by atoms with E-state index in [1.54, 1.807) is 18.2 Å². The van der Waals surface area contributed by atoms with Crippen molar-refractivity contribution in [1.82, 2.24) is 0 Å². The Kier molecular flexibility index (Phi) is 4.20. The van der Waals surface area contributed by atoms with E-state index in [9.17, 15) is 9.59 Å². The van der Waals surface area contributed by atoms with Crippen molar-refractivity contribution in [2.45, 2.75) is 13.8 Å². The highest BCUT2D eigenvalue weighted by Gasteiger charge is 2.17. The fraction of sp³-hybridized carbons (Fsp3) is 0.125. The average molecular weight is 288 g/mol. The number of amides is 1. The van der Waals surface area contributed by atoms with Crippen LogP contribution in [0.3, 0.4) is 0 Å². The maximum Gasteiger partial charge on any atom is 0.296 e. The summed E-state index contributed by atoms with van der Waals surface area (Å²) in [5.41, 5.74) is 2.78. The molecule has 4 heteroatoms. The minimum Gasteiger partial charge on any atom is -0.319 e. The van der Waals surface area contributed by atoms with Gasteiger partial charge in [0.2, 0.25) is 0 Å². The van der Waals surface area contributed by atoms with Gasteiger partial charge in [-0.15, -0.1) is 0 Å². The number of carbonyl (C=O) groups is 2. The molecule has 1 N–H and O–H groups in total. The number of anilines is 1. The number of benzene rings is 2. The Morgan fingerprint density at radius 3 is 2.20 bits per heavy atom. The van der Waals surface area contributed by atoms with Gasteiger partial charge in [-0.05, 0) is 37.1 Å². The Bertz CT molecular complexity index is 660. The van der Waals surface area contributed by atoms with E-state index in [1.807, 2.05) is 32.0 Å². The van der Waals surface area contributed by atoms with Crippen LogP contribution in [0.4, 0.5) is 5.69 Å². The molecule has 0 aliphatic rings. The smallest absolute Gasteiger partial charge is 0.296 e. The van der Waals surface area contributed by atoms with E-state index in [4.69, 9.17) is 11.6 Å². The molecule has 0 radical (unpaired) electrons. The van der Waals surface area contributed by atoms with E-state index >= 15 is 0 Å². The highest BCUT2D eigenvalue weighted by Crippen LogP contribution is 2.20. The fourth-order valence-electron chi connectivity index (χ4n) is 1.94. The van der Waals surface area contributed by atoms with Gasteiger partial charge in [-0.2, -0.15) is 0 Å². The molecule has 0 unspecified atom stereocenters. The topological polar surface area (TPSA) is 46.2 Å². The minimum absolute atomic E-state index is 0.279. The minimum atomic E-state index is -0.662. The van der Waals surface area contributed by atoms with E-state index in [1.165, 1.54) is 6.07 Å². The van der Waals surface area contributed by atoms with Gasteiger partial charge < -0.3 is 5.32 Å². The molecule has 0 saturated heterocycles. The van der Waals surface area contributed by atoms with E-state index < -0.39 is 11.7 Å². The van der Waals surface area contributed by atoms with Crippen LogP contribution in [0, 0.1) is 13.8 Å². The largest absolute Gasteiger partial charge is 0.319 e. The van der Waals surface area contributed by atoms with Gasteiger partial charge in [0, 0.05) is 16.3 Å². The first-order valence-electron chi connectivity index (χ1n) is 6.16. The van der Waals surface area contributed by atoms with Crippen molar-refractivity contribution in [3.8, 4) is 0 Å². The summed E-state index contributed by atoms with van der Waals surface area (Å²) < 4.78 is 0. The monoisotopic (exact) mass is 287 g/mol. The molecular formula is C16H14ClNO2. The van der Waals surface area contributed by atoms with Crippen molar-refractivity contribution in [3.63, 3.8) is 0 Å². The normalized spacial score (nSPS) is 10.2. The molecule has 1 amide bonds. The number of hydrogen-bond acceptors (Lipinski definition) is 2. The summed E-state index contributed by atoms with van der Waals surface area (Å²) in [6.07, 6.45) is 0. The van der Waals surface area contributed by atoms with Crippen LogP contribution in [0.1, 0.15) is 21.5 Å². The van der Waals surface area contributed by atoms with Gasteiger partial charge >= 0.3 is 0 Å². The van der Waals surface area contributed by atoms with Gasteiger partial charge in [-0.1, -0.05) is 41.9 Å². The molecule has 0 heterocycles. The molecule has 0 atom stereocenters. The summed E-state index contributed by atoms with van der Waals surface area (Å²) in [6.45, 7) is 3.76. The van der Waals surface area contributed by atoms with Gasteiger partial charge in [0.05, 0.1) is 0 Å². The second-order valence-corrected chi connectivity index (χ2v) is 5.00. The van der Waals surface area contributed by atoms with Gasteiger partial charge in [-0.3, -0.25) is 9.59 Å². The molecule has 0 fully saturated rings. The van der Waals surface area contributed by atoms with Crippen LogP contribution >= 0.6 is 11.6 Å². The Hall–Kier alpha value is -2.13. The summed E-state index contributed by atoms with van der Waals surface area (Å²) in [7, 11) is 0. The molecule has 0 aromatic heterocycles. The zero-order valence-electron chi connectivity index (χ0n) is 11.2. The first-order valence-corrected chi connectivity index (χ1v) is 6.54. The Morgan fingerprint density at radius 1 is 1.00 bits per heavy atom. The van der Waals surface area contributed by atoms with E-state index in [-0.39, 0.29) is 5.56 Å². The number of carbonyl (C=O) groups excluding carboxylic acids is 2. The first kappa shape index (κ1) is 14.3. The number of aryl methyl sites for hydroxylation is 2. The Labute approximate surface area is 122 Å². The lowest BCUT2D eigenvalue weighted by molar-refractivity contribution is -0.112. The van der Waals surface area contributed by atoms with Gasteiger partial charge in [-0.25, -0.2) is 0 Å². The third kappa shape index (κ3) is 3.06. The molecule has 0 aliphatic heterocycles. The van der Waals surface area contributed by atoms with Gasteiger partial charge in [0.25, 0.3) is 11.7 Å². The summed E-state index contributed by atoms with van der Waals surface area (Å²) in [4.78, 5) is 24.1. The molecule has 2 rings (SSSR count). The second-order valence-electron chi connectivity index (χ2n) is 4.56. The lowest BCUT2D eigenvalue weighted by Gasteiger charge is -2.10. The van der Waals surface area contributed by atoms with Crippen molar-refractivity contribution in [3.05, 3.63) is 64.2 Å². The molecule has 0 aliphatic carbocycles. The first-order chi connectivity index (χ1) is 9.49. The SMILES string of the molecule is Cc1cccc(C)c1NC(=O)C(=O)c1cccc(Cl)c1. The van der Waals surface area contributed by atoms with E-state index in [0.29, 0.717) is 10.7 Å².